The molecule has 0 bridgehead atoms. The van der Waals surface area contributed by atoms with Crippen LogP contribution < -0.4 is 5.73 Å². The van der Waals surface area contributed by atoms with Crippen molar-refractivity contribution in [3.8, 4) is 0 Å². The second-order valence-corrected chi connectivity index (χ2v) is 3.88. The van der Waals surface area contributed by atoms with Gasteiger partial charge in [-0.1, -0.05) is 20.8 Å². The second-order valence-electron chi connectivity index (χ2n) is 3.88. The van der Waals surface area contributed by atoms with Crippen molar-refractivity contribution in [1.82, 2.24) is 0 Å². The van der Waals surface area contributed by atoms with Gasteiger partial charge < -0.3 is 15.6 Å². The highest BCUT2D eigenvalue weighted by Crippen LogP contribution is 2.19. The van der Waals surface area contributed by atoms with Gasteiger partial charge in [0.2, 0.25) is 0 Å². The van der Waals surface area contributed by atoms with Crippen LogP contribution in [0.4, 0.5) is 4.79 Å². The summed E-state index contributed by atoms with van der Waals surface area (Å²) in [6.07, 6.45) is -0.674. The Morgan fingerprint density at radius 2 is 2.08 bits per heavy atom. The lowest BCUT2D eigenvalue weighted by molar-refractivity contribution is 0.0848. The Hall–Kier alpha value is -0.770. The summed E-state index contributed by atoms with van der Waals surface area (Å²) in [4.78, 5) is 9.97. The molecule has 1 atom stereocenters. The molecule has 0 spiro atoms. The van der Waals surface area contributed by atoms with Crippen LogP contribution in [-0.2, 0) is 4.74 Å². The van der Waals surface area contributed by atoms with Crippen LogP contribution in [0.15, 0.2) is 0 Å². The van der Waals surface area contributed by atoms with E-state index in [-0.39, 0.29) is 18.1 Å². The molecule has 0 aliphatic rings. The molecule has 1 unspecified atom stereocenters. The van der Waals surface area contributed by atoms with E-state index in [1.807, 2.05) is 20.8 Å². The molecule has 0 heterocycles. The Kier molecular flexibility index (Phi) is 4.03. The average Bonchev–Trinajstić information content (AvgIpc) is 1.84. The van der Waals surface area contributed by atoms with Gasteiger partial charge in [0.05, 0.1) is 6.61 Å². The van der Waals surface area contributed by atoms with Crippen molar-refractivity contribution in [3.05, 3.63) is 0 Å². The SMILES string of the molecule is CC(C)(C)C(N)CCOC(=O)O. The summed E-state index contributed by atoms with van der Waals surface area (Å²) in [5, 5.41) is 8.17. The first-order valence-electron chi connectivity index (χ1n) is 3.95. The van der Waals surface area contributed by atoms with Crippen molar-refractivity contribution in [2.24, 2.45) is 11.1 Å². The lowest BCUT2D eigenvalue weighted by atomic mass is 9.86. The number of carboxylic acid groups (broad SMARTS) is 1. The molecule has 3 N–H and O–H groups in total. The van der Waals surface area contributed by atoms with Gasteiger partial charge in [-0.25, -0.2) is 4.79 Å². The lowest BCUT2D eigenvalue weighted by Crippen LogP contribution is -2.36. The van der Waals surface area contributed by atoms with Crippen molar-refractivity contribution < 1.29 is 14.6 Å². The van der Waals surface area contributed by atoms with Crippen LogP contribution >= 0.6 is 0 Å². The third-order valence-corrected chi connectivity index (χ3v) is 1.77. The van der Waals surface area contributed by atoms with Crippen molar-refractivity contribution in [3.63, 3.8) is 0 Å². The molecule has 0 aromatic heterocycles. The van der Waals surface area contributed by atoms with E-state index in [4.69, 9.17) is 10.8 Å². The van der Waals surface area contributed by atoms with E-state index < -0.39 is 6.16 Å². The molecular formula is C8H17NO3. The lowest BCUT2D eigenvalue weighted by Gasteiger charge is -2.26. The fourth-order valence-corrected chi connectivity index (χ4v) is 0.706. The summed E-state index contributed by atoms with van der Waals surface area (Å²) in [7, 11) is 0. The van der Waals surface area contributed by atoms with Crippen LogP contribution in [-0.4, -0.2) is 23.9 Å². The molecule has 0 rings (SSSR count). The van der Waals surface area contributed by atoms with Gasteiger partial charge >= 0.3 is 6.16 Å². The Balaban J connectivity index is 3.58. The Morgan fingerprint density at radius 1 is 1.58 bits per heavy atom. The van der Waals surface area contributed by atoms with E-state index in [0.29, 0.717) is 6.42 Å². The van der Waals surface area contributed by atoms with E-state index >= 15 is 0 Å². The van der Waals surface area contributed by atoms with Crippen LogP contribution in [0.25, 0.3) is 0 Å². The van der Waals surface area contributed by atoms with Gasteiger partial charge in [-0.2, -0.15) is 0 Å². The number of hydrogen-bond acceptors (Lipinski definition) is 3. The largest absolute Gasteiger partial charge is 0.505 e. The molecule has 0 radical (unpaired) electrons. The third kappa shape index (κ3) is 4.96. The Morgan fingerprint density at radius 3 is 2.42 bits per heavy atom. The molecule has 0 aromatic rings. The highest BCUT2D eigenvalue weighted by atomic mass is 16.7. The maximum absolute atomic E-state index is 9.97. The van der Waals surface area contributed by atoms with Crippen LogP contribution in [0.5, 0.6) is 0 Å². The standard InChI is InChI=1S/C8H17NO3/c1-8(2,3)6(9)4-5-12-7(10)11/h6H,4-5,9H2,1-3H3,(H,10,11). The highest BCUT2D eigenvalue weighted by molar-refractivity contribution is 5.56. The van der Waals surface area contributed by atoms with Gasteiger partial charge in [-0.3, -0.25) is 0 Å². The van der Waals surface area contributed by atoms with E-state index in [1.54, 1.807) is 0 Å². The molecule has 0 fully saturated rings. The minimum Gasteiger partial charge on any atom is -0.450 e. The minimum absolute atomic E-state index is 0.00185. The molecule has 12 heavy (non-hydrogen) atoms. The van der Waals surface area contributed by atoms with Crippen LogP contribution in [0, 0.1) is 5.41 Å². The number of nitrogens with two attached hydrogens (primary N) is 1. The summed E-state index contributed by atoms with van der Waals surface area (Å²) in [5.74, 6) is 0. The summed E-state index contributed by atoms with van der Waals surface area (Å²) in [5.41, 5.74) is 5.77. The van der Waals surface area contributed by atoms with E-state index in [2.05, 4.69) is 4.74 Å². The summed E-state index contributed by atoms with van der Waals surface area (Å²) < 4.78 is 4.34. The fraction of sp³-hybridized carbons (Fsp3) is 0.875. The van der Waals surface area contributed by atoms with Crippen molar-refractivity contribution in [1.29, 1.82) is 0 Å². The predicted octanol–water partition coefficient (Wildman–Crippen LogP) is 1.44. The summed E-state index contributed by atoms with van der Waals surface area (Å²) in [6, 6.07) is -0.0307. The molecule has 4 heteroatoms. The first kappa shape index (κ1) is 11.2. The highest BCUT2D eigenvalue weighted by Gasteiger charge is 2.20. The molecule has 4 nitrogen and oxygen atoms in total. The normalized spacial score (nSPS) is 14.0. The molecule has 0 aromatic carbocycles. The number of carbonyl (C=O) groups is 1. The van der Waals surface area contributed by atoms with Crippen molar-refractivity contribution in [2.75, 3.05) is 6.61 Å². The molecule has 72 valence electrons. The minimum atomic E-state index is -1.24. The van der Waals surface area contributed by atoms with Gasteiger partial charge in [0.25, 0.3) is 0 Å². The molecular weight excluding hydrogens is 158 g/mol. The van der Waals surface area contributed by atoms with Crippen LogP contribution in [0.1, 0.15) is 27.2 Å². The zero-order chi connectivity index (χ0) is 9.78. The second kappa shape index (κ2) is 4.30. The van der Waals surface area contributed by atoms with E-state index in [9.17, 15) is 4.79 Å². The van der Waals surface area contributed by atoms with Crippen molar-refractivity contribution >= 4 is 6.16 Å². The van der Waals surface area contributed by atoms with Gasteiger partial charge in [0.15, 0.2) is 0 Å². The molecule has 0 amide bonds. The molecule has 0 aliphatic carbocycles. The maximum Gasteiger partial charge on any atom is 0.505 e. The van der Waals surface area contributed by atoms with E-state index in [0.717, 1.165) is 0 Å². The van der Waals surface area contributed by atoms with Gasteiger partial charge in [-0.05, 0) is 11.8 Å². The van der Waals surface area contributed by atoms with Crippen LogP contribution in [0.3, 0.4) is 0 Å². The number of hydrogen-bond donors (Lipinski definition) is 2. The smallest absolute Gasteiger partial charge is 0.450 e. The zero-order valence-corrected chi connectivity index (χ0v) is 7.83. The van der Waals surface area contributed by atoms with Gasteiger partial charge in [0, 0.05) is 6.04 Å². The van der Waals surface area contributed by atoms with Gasteiger partial charge in [0.1, 0.15) is 0 Å². The summed E-state index contributed by atoms with van der Waals surface area (Å²) >= 11 is 0. The zero-order valence-electron chi connectivity index (χ0n) is 7.83. The topological polar surface area (TPSA) is 72.5 Å². The Bertz CT molecular complexity index is 151. The number of rotatable bonds is 3. The molecule has 0 saturated carbocycles. The average molecular weight is 175 g/mol. The molecule has 0 aliphatic heterocycles. The van der Waals surface area contributed by atoms with E-state index in [1.165, 1.54) is 0 Å². The number of ether oxygens (including phenoxy) is 1. The third-order valence-electron chi connectivity index (χ3n) is 1.77. The first-order chi connectivity index (χ1) is 5.34. The fourth-order valence-electron chi connectivity index (χ4n) is 0.706. The maximum atomic E-state index is 9.97. The predicted molar refractivity (Wildman–Crippen MR) is 46.0 cm³/mol. The quantitative estimate of drug-likeness (QED) is 0.637. The first-order valence-corrected chi connectivity index (χ1v) is 3.95. The van der Waals surface area contributed by atoms with Gasteiger partial charge in [-0.15, -0.1) is 0 Å². The monoisotopic (exact) mass is 175 g/mol. The summed E-state index contributed by atoms with van der Waals surface area (Å²) in [6.45, 7) is 6.21. The van der Waals surface area contributed by atoms with Crippen LogP contribution in [0.2, 0.25) is 0 Å². The van der Waals surface area contributed by atoms with Crippen molar-refractivity contribution in [2.45, 2.75) is 33.2 Å². The molecule has 0 saturated heterocycles. The Labute approximate surface area is 72.7 Å².